The third-order valence-electron chi connectivity index (χ3n) is 5.60. The number of carbonyl (C=O) groups is 1. The Morgan fingerprint density at radius 3 is 2.76 bits per heavy atom. The number of hydrogen-bond donors (Lipinski definition) is 1. The molecule has 5 rings (SSSR count). The molecule has 1 N–H and O–H groups in total. The Kier molecular flexibility index (Phi) is 5.53. The molecule has 1 fully saturated rings. The lowest BCUT2D eigenvalue weighted by Gasteiger charge is -2.13. The number of amides is 1. The van der Waals surface area contributed by atoms with Crippen LogP contribution >= 0.6 is 11.9 Å². The van der Waals surface area contributed by atoms with Crippen molar-refractivity contribution >= 4 is 46.1 Å². The van der Waals surface area contributed by atoms with E-state index in [0.717, 1.165) is 22.2 Å². The summed E-state index contributed by atoms with van der Waals surface area (Å²) >= 11 is 1.74. The molecule has 0 aliphatic heterocycles. The van der Waals surface area contributed by atoms with Crippen LogP contribution in [0, 0.1) is 0 Å². The normalized spacial score (nSPS) is 13.6. The van der Waals surface area contributed by atoms with Crippen molar-refractivity contribution in [2.45, 2.75) is 44.9 Å². The Morgan fingerprint density at radius 2 is 2.03 bits per heavy atom. The van der Waals surface area contributed by atoms with E-state index in [0.29, 0.717) is 22.7 Å². The molecule has 0 saturated heterocycles. The zero-order chi connectivity index (χ0) is 23.1. The Balaban J connectivity index is 1.43. The van der Waals surface area contributed by atoms with Crippen molar-refractivity contribution in [3.05, 3.63) is 43.1 Å². The lowest BCUT2D eigenvalue weighted by atomic mass is 10.2. The van der Waals surface area contributed by atoms with Gasteiger partial charge in [-0.1, -0.05) is 0 Å². The third kappa shape index (κ3) is 4.43. The van der Waals surface area contributed by atoms with E-state index < -0.39 is 0 Å². The van der Waals surface area contributed by atoms with Crippen LogP contribution < -0.4 is 10.2 Å². The Hall–Kier alpha value is -3.40. The van der Waals surface area contributed by atoms with E-state index in [1.807, 2.05) is 28.6 Å². The summed E-state index contributed by atoms with van der Waals surface area (Å²) in [6, 6.07) is 4.03. The molecule has 0 atom stereocenters. The van der Waals surface area contributed by atoms with E-state index >= 15 is 0 Å². The molecular formula is C23H26N8OS. The maximum absolute atomic E-state index is 11.9. The van der Waals surface area contributed by atoms with Crippen LogP contribution in [0.25, 0.3) is 22.3 Å². The molecule has 0 radical (unpaired) electrons. The summed E-state index contributed by atoms with van der Waals surface area (Å²) in [6.07, 6.45) is 11.8. The van der Waals surface area contributed by atoms with Gasteiger partial charge >= 0.3 is 0 Å². The van der Waals surface area contributed by atoms with Crippen molar-refractivity contribution in [3.8, 4) is 11.4 Å². The van der Waals surface area contributed by atoms with E-state index in [2.05, 4.69) is 43.8 Å². The third-order valence-corrected chi connectivity index (χ3v) is 6.78. The molecule has 0 spiro atoms. The lowest BCUT2D eigenvalue weighted by Crippen LogP contribution is -2.22. The average molecular weight is 463 g/mol. The summed E-state index contributed by atoms with van der Waals surface area (Å²) in [5.74, 6) is 1.91. The molecule has 1 aliphatic rings. The van der Waals surface area contributed by atoms with Crippen LogP contribution in [0.2, 0.25) is 0 Å². The molecule has 0 bridgehead atoms. The minimum atomic E-state index is -0.0209. The quantitative estimate of drug-likeness (QED) is 0.427. The lowest BCUT2D eigenvalue weighted by molar-refractivity contribution is -0.116. The van der Waals surface area contributed by atoms with E-state index in [4.69, 9.17) is 0 Å². The zero-order valence-corrected chi connectivity index (χ0v) is 19.9. The SMILES string of the molecule is CC(=O)N(C)c1cn(C(C)C)c2cc(Nc3ccnc(-c4cnn(SC5CC5)c4)n3)ncc12. The van der Waals surface area contributed by atoms with E-state index in [-0.39, 0.29) is 11.9 Å². The Morgan fingerprint density at radius 1 is 1.21 bits per heavy atom. The standard InChI is InChI=1S/C23H26N8OS/c1-14(2)30-13-20(29(4)15(3)32)18-11-25-22(9-19(18)30)27-21-7-8-24-23(28-21)16-10-26-31(12-16)33-17-5-6-17/h7-14,17H,5-6H2,1-4H3,(H,24,25,27,28). The minimum absolute atomic E-state index is 0.0209. The first-order valence-corrected chi connectivity index (χ1v) is 11.8. The van der Waals surface area contributed by atoms with Gasteiger partial charge in [0.05, 0.1) is 23.0 Å². The van der Waals surface area contributed by atoms with E-state index in [9.17, 15) is 4.79 Å². The van der Waals surface area contributed by atoms with Crippen molar-refractivity contribution in [2.24, 2.45) is 0 Å². The fraction of sp³-hybridized carbons (Fsp3) is 0.348. The smallest absolute Gasteiger partial charge is 0.223 e. The molecule has 1 saturated carbocycles. The monoisotopic (exact) mass is 462 g/mol. The number of fused-ring (bicyclic) bond motifs is 1. The number of nitrogens with one attached hydrogen (secondary N) is 1. The molecule has 0 aromatic carbocycles. The van der Waals surface area contributed by atoms with Gasteiger partial charge in [0.1, 0.15) is 11.6 Å². The van der Waals surface area contributed by atoms with Gasteiger partial charge in [-0.25, -0.2) is 19.0 Å². The Labute approximate surface area is 196 Å². The Bertz CT molecular complexity index is 1320. The molecule has 4 aromatic rings. The van der Waals surface area contributed by atoms with Crippen LogP contribution in [-0.4, -0.2) is 46.9 Å². The van der Waals surface area contributed by atoms with E-state index in [1.54, 1.807) is 49.4 Å². The van der Waals surface area contributed by atoms with Crippen molar-refractivity contribution in [1.82, 2.24) is 28.7 Å². The molecule has 33 heavy (non-hydrogen) atoms. The minimum Gasteiger partial charge on any atom is -0.343 e. The number of nitrogens with zero attached hydrogens (tertiary/aromatic N) is 7. The van der Waals surface area contributed by atoms with E-state index in [1.165, 1.54) is 12.8 Å². The van der Waals surface area contributed by atoms with Gasteiger partial charge in [-0.3, -0.25) is 4.79 Å². The largest absolute Gasteiger partial charge is 0.343 e. The molecular weight excluding hydrogens is 436 g/mol. The zero-order valence-electron chi connectivity index (χ0n) is 19.1. The van der Waals surface area contributed by atoms with Crippen LogP contribution in [0.3, 0.4) is 0 Å². The van der Waals surface area contributed by atoms with Crippen molar-refractivity contribution in [3.63, 3.8) is 0 Å². The number of hydrogen-bond acceptors (Lipinski definition) is 7. The number of carbonyl (C=O) groups excluding carboxylic acids is 1. The summed E-state index contributed by atoms with van der Waals surface area (Å²) in [6.45, 7) is 5.79. The van der Waals surface area contributed by atoms with Gasteiger partial charge in [-0.15, -0.1) is 0 Å². The average Bonchev–Trinajstić information content (AvgIpc) is 3.34. The van der Waals surface area contributed by atoms with Crippen molar-refractivity contribution < 1.29 is 4.79 Å². The second-order valence-electron chi connectivity index (χ2n) is 8.51. The number of rotatable bonds is 7. The fourth-order valence-corrected chi connectivity index (χ4v) is 4.49. The summed E-state index contributed by atoms with van der Waals surface area (Å²) in [4.78, 5) is 27.2. The van der Waals surface area contributed by atoms with Gasteiger partial charge in [0, 0.05) is 61.5 Å². The number of aromatic nitrogens is 6. The molecule has 1 aliphatic carbocycles. The maximum atomic E-state index is 11.9. The predicted octanol–water partition coefficient (Wildman–Crippen LogP) is 4.66. The highest BCUT2D eigenvalue weighted by Crippen LogP contribution is 2.35. The van der Waals surface area contributed by atoms with Crippen LogP contribution in [0.5, 0.6) is 0 Å². The topological polar surface area (TPSA) is 93.8 Å². The first-order valence-electron chi connectivity index (χ1n) is 11.0. The van der Waals surface area contributed by atoms with Gasteiger partial charge in [0.15, 0.2) is 5.82 Å². The van der Waals surface area contributed by atoms with Crippen molar-refractivity contribution in [1.29, 1.82) is 0 Å². The first-order chi connectivity index (χ1) is 15.9. The summed E-state index contributed by atoms with van der Waals surface area (Å²) in [7, 11) is 1.78. The molecule has 0 unspecified atom stereocenters. The molecule has 1 amide bonds. The maximum Gasteiger partial charge on any atom is 0.223 e. The van der Waals surface area contributed by atoms with Gasteiger partial charge in [0.2, 0.25) is 5.91 Å². The number of pyridine rings is 1. The van der Waals surface area contributed by atoms with Crippen LogP contribution in [0.1, 0.15) is 39.7 Å². The van der Waals surface area contributed by atoms with Gasteiger partial charge in [0.25, 0.3) is 0 Å². The van der Waals surface area contributed by atoms with Crippen molar-refractivity contribution in [2.75, 3.05) is 17.3 Å². The van der Waals surface area contributed by atoms with Crippen LogP contribution in [0.4, 0.5) is 17.3 Å². The molecule has 170 valence electrons. The second-order valence-corrected chi connectivity index (χ2v) is 9.76. The highest BCUT2D eigenvalue weighted by atomic mass is 32.2. The summed E-state index contributed by atoms with van der Waals surface area (Å²) < 4.78 is 4.04. The second kappa shape index (κ2) is 8.51. The molecule has 4 heterocycles. The van der Waals surface area contributed by atoms with Crippen LogP contribution in [0.15, 0.2) is 43.1 Å². The van der Waals surface area contributed by atoms with Gasteiger partial charge in [-0.05, 0) is 44.7 Å². The van der Waals surface area contributed by atoms with Crippen LogP contribution in [-0.2, 0) is 4.79 Å². The summed E-state index contributed by atoms with van der Waals surface area (Å²) in [5.41, 5.74) is 2.72. The molecule has 9 nitrogen and oxygen atoms in total. The highest BCUT2D eigenvalue weighted by molar-refractivity contribution is 7.98. The fourth-order valence-electron chi connectivity index (χ4n) is 3.56. The summed E-state index contributed by atoms with van der Waals surface area (Å²) in [5, 5.41) is 9.31. The molecule has 4 aromatic heterocycles. The van der Waals surface area contributed by atoms with Gasteiger partial charge < -0.3 is 14.8 Å². The first kappa shape index (κ1) is 21.4. The highest BCUT2D eigenvalue weighted by Gasteiger charge is 2.23. The van der Waals surface area contributed by atoms with Gasteiger partial charge in [-0.2, -0.15) is 5.10 Å². The molecule has 10 heteroatoms. The predicted molar refractivity (Wildman–Crippen MR) is 132 cm³/mol. The number of anilines is 3.